The van der Waals surface area contributed by atoms with E-state index in [9.17, 15) is 4.79 Å². The van der Waals surface area contributed by atoms with Gasteiger partial charge in [0.15, 0.2) is 0 Å². The van der Waals surface area contributed by atoms with Crippen LogP contribution in [0.5, 0.6) is 0 Å². The van der Waals surface area contributed by atoms with E-state index in [-0.39, 0.29) is 24.3 Å². The van der Waals surface area contributed by atoms with Crippen LogP contribution in [0.1, 0.15) is 32.5 Å². The summed E-state index contributed by atoms with van der Waals surface area (Å²) in [6.07, 6.45) is 3.35. The first-order chi connectivity index (χ1) is 7.67. The molecule has 1 aromatic rings. The van der Waals surface area contributed by atoms with Gasteiger partial charge in [-0.2, -0.15) is 5.26 Å². The number of nitriles is 1. The molecule has 86 valence electrons. The fourth-order valence-electron chi connectivity index (χ4n) is 1.44. The summed E-state index contributed by atoms with van der Waals surface area (Å²) in [6, 6.07) is 2.02. The van der Waals surface area contributed by atoms with Crippen LogP contribution >= 0.6 is 0 Å². The Balaban J connectivity index is 2.49. The second kappa shape index (κ2) is 5.85. The number of carbonyl (C=O) groups excluding carboxylic acids is 1. The summed E-state index contributed by atoms with van der Waals surface area (Å²) >= 11 is 0. The third kappa shape index (κ3) is 3.35. The van der Waals surface area contributed by atoms with E-state index in [4.69, 9.17) is 5.26 Å². The first-order valence-corrected chi connectivity index (χ1v) is 5.24. The number of aromatic nitrogens is 3. The number of amides is 1. The van der Waals surface area contributed by atoms with Crippen LogP contribution in [-0.4, -0.2) is 26.7 Å². The number of rotatable bonds is 5. The minimum absolute atomic E-state index is 0.0872. The third-order valence-corrected chi connectivity index (χ3v) is 2.16. The maximum absolute atomic E-state index is 11.6. The van der Waals surface area contributed by atoms with Gasteiger partial charge in [-0.15, -0.1) is 10.2 Å². The lowest BCUT2D eigenvalue weighted by atomic mass is 10.2. The van der Waals surface area contributed by atoms with Crippen LogP contribution in [0.15, 0.2) is 6.33 Å². The highest BCUT2D eigenvalue weighted by molar-refractivity contribution is 5.76. The van der Waals surface area contributed by atoms with Gasteiger partial charge in [-0.1, -0.05) is 13.3 Å². The van der Waals surface area contributed by atoms with Gasteiger partial charge in [-0.3, -0.25) is 9.36 Å². The zero-order valence-electron chi connectivity index (χ0n) is 9.47. The summed E-state index contributed by atoms with van der Waals surface area (Å²) in [5.74, 6) is 0.0237. The summed E-state index contributed by atoms with van der Waals surface area (Å²) in [5.41, 5.74) is 0. The van der Waals surface area contributed by atoms with Gasteiger partial charge in [-0.25, -0.2) is 0 Å². The number of hydrogen-bond donors (Lipinski definition) is 1. The van der Waals surface area contributed by atoms with Crippen molar-refractivity contribution in [2.24, 2.45) is 0 Å². The third-order valence-electron chi connectivity index (χ3n) is 2.16. The average molecular weight is 221 g/mol. The lowest BCUT2D eigenvalue weighted by molar-refractivity contribution is -0.122. The number of nitrogens with one attached hydrogen (secondary N) is 1. The Morgan fingerprint density at radius 1 is 1.75 bits per heavy atom. The van der Waals surface area contributed by atoms with Crippen LogP contribution in [0, 0.1) is 11.3 Å². The molecule has 6 nitrogen and oxygen atoms in total. The van der Waals surface area contributed by atoms with Crippen molar-refractivity contribution >= 4 is 5.91 Å². The Morgan fingerprint density at radius 3 is 3.12 bits per heavy atom. The molecule has 1 aromatic heterocycles. The summed E-state index contributed by atoms with van der Waals surface area (Å²) in [6.45, 7) is 4.11. The number of nitrogens with zero attached hydrogens (tertiary/aromatic N) is 4. The Hall–Kier alpha value is -1.90. The average Bonchev–Trinajstić information content (AvgIpc) is 2.65. The molecular formula is C10H15N5O. The smallest absolute Gasteiger partial charge is 0.240 e. The van der Waals surface area contributed by atoms with Gasteiger partial charge in [0.05, 0.1) is 0 Å². The zero-order valence-corrected chi connectivity index (χ0v) is 9.47. The molecule has 1 heterocycles. The molecule has 0 fully saturated rings. The van der Waals surface area contributed by atoms with Crippen LogP contribution < -0.4 is 5.32 Å². The highest BCUT2D eigenvalue weighted by Gasteiger charge is 2.10. The molecule has 0 saturated heterocycles. The number of hydrogen-bond acceptors (Lipinski definition) is 4. The standard InChI is InChI=1S/C10H15N5O/c1-3-4-8(2)13-10(16)6-15-7-12-14-9(15)5-11/h7-8H,3-4,6H2,1-2H3,(H,13,16). The molecule has 1 atom stereocenters. The molecule has 1 N–H and O–H groups in total. The highest BCUT2D eigenvalue weighted by atomic mass is 16.2. The van der Waals surface area contributed by atoms with Crippen molar-refractivity contribution in [3.05, 3.63) is 12.2 Å². The van der Waals surface area contributed by atoms with Gasteiger partial charge in [0.25, 0.3) is 0 Å². The van der Waals surface area contributed by atoms with Gasteiger partial charge in [0.1, 0.15) is 18.9 Å². The monoisotopic (exact) mass is 221 g/mol. The normalized spacial score (nSPS) is 11.8. The SMILES string of the molecule is CCCC(C)NC(=O)Cn1cnnc1C#N. The van der Waals surface area contributed by atoms with Crippen molar-refractivity contribution in [1.82, 2.24) is 20.1 Å². The van der Waals surface area contributed by atoms with Gasteiger partial charge in [-0.05, 0) is 13.3 Å². The van der Waals surface area contributed by atoms with E-state index < -0.39 is 0 Å². The summed E-state index contributed by atoms with van der Waals surface area (Å²) in [5, 5.41) is 18.7. The Morgan fingerprint density at radius 2 is 2.50 bits per heavy atom. The molecule has 0 aliphatic rings. The van der Waals surface area contributed by atoms with E-state index in [1.807, 2.05) is 13.0 Å². The van der Waals surface area contributed by atoms with Crippen LogP contribution in [0.25, 0.3) is 0 Å². The van der Waals surface area contributed by atoms with E-state index in [2.05, 4.69) is 22.4 Å². The van der Waals surface area contributed by atoms with Gasteiger partial charge in [0.2, 0.25) is 11.7 Å². The van der Waals surface area contributed by atoms with Crippen molar-refractivity contribution in [3.63, 3.8) is 0 Å². The minimum atomic E-state index is -0.128. The summed E-state index contributed by atoms with van der Waals surface area (Å²) in [7, 11) is 0. The lowest BCUT2D eigenvalue weighted by Gasteiger charge is -2.12. The molecule has 6 heteroatoms. The molecule has 1 unspecified atom stereocenters. The highest BCUT2D eigenvalue weighted by Crippen LogP contribution is 1.96. The largest absolute Gasteiger partial charge is 0.352 e. The molecule has 0 aliphatic carbocycles. The van der Waals surface area contributed by atoms with Gasteiger partial charge < -0.3 is 5.32 Å². The van der Waals surface area contributed by atoms with Crippen LogP contribution in [0.2, 0.25) is 0 Å². The molecule has 1 rings (SSSR count). The fourth-order valence-corrected chi connectivity index (χ4v) is 1.44. The van der Waals surface area contributed by atoms with E-state index >= 15 is 0 Å². The van der Waals surface area contributed by atoms with E-state index in [0.717, 1.165) is 12.8 Å². The second-order valence-electron chi connectivity index (χ2n) is 3.65. The summed E-state index contributed by atoms with van der Waals surface area (Å²) < 4.78 is 1.42. The molecule has 0 radical (unpaired) electrons. The molecule has 0 bridgehead atoms. The second-order valence-corrected chi connectivity index (χ2v) is 3.65. The predicted molar refractivity (Wildman–Crippen MR) is 57.2 cm³/mol. The first kappa shape index (κ1) is 12.2. The van der Waals surface area contributed by atoms with Crippen LogP contribution in [0.3, 0.4) is 0 Å². The predicted octanol–water partition coefficient (Wildman–Crippen LogP) is 0.455. The fraction of sp³-hybridized carbons (Fsp3) is 0.600. The zero-order chi connectivity index (χ0) is 12.0. The minimum Gasteiger partial charge on any atom is -0.352 e. The quantitative estimate of drug-likeness (QED) is 0.782. The molecular weight excluding hydrogens is 206 g/mol. The Kier molecular flexibility index (Phi) is 4.45. The molecule has 16 heavy (non-hydrogen) atoms. The number of carbonyl (C=O) groups is 1. The van der Waals surface area contributed by atoms with Gasteiger partial charge in [0, 0.05) is 6.04 Å². The van der Waals surface area contributed by atoms with E-state index in [0.29, 0.717) is 0 Å². The van der Waals surface area contributed by atoms with E-state index in [1.54, 1.807) is 0 Å². The molecule has 0 saturated carbocycles. The Labute approximate surface area is 94.3 Å². The maximum atomic E-state index is 11.6. The molecule has 0 aliphatic heterocycles. The molecule has 1 amide bonds. The molecule has 0 spiro atoms. The molecule has 0 aromatic carbocycles. The topological polar surface area (TPSA) is 83.6 Å². The van der Waals surface area contributed by atoms with Gasteiger partial charge >= 0.3 is 0 Å². The Bertz CT molecular complexity index is 392. The van der Waals surface area contributed by atoms with Crippen LogP contribution in [-0.2, 0) is 11.3 Å². The van der Waals surface area contributed by atoms with Crippen molar-refractivity contribution in [2.75, 3.05) is 0 Å². The van der Waals surface area contributed by atoms with Crippen molar-refractivity contribution in [2.45, 2.75) is 39.3 Å². The first-order valence-electron chi connectivity index (χ1n) is 5.24. The van der Waals surface area contributed by atoms with Crippen molar-refractivity contribution in [3.8, 4) is 6.07 Å². The van der Waals surface area contributed by atoms with Crippen LogP contribution in [0.4, 0.5) is 0 Å². The maximum Gasteiger partial charge on any atom is 0.240 e. The van der Waals surface area contributed by atoms with Crippen molar-refractivity contribution < 1.29 is 4.79 Å². The van der Waals surface area contributed by atoms with Crippen molar-refractivity contribution in [1.29, 1.82) is 5.26 Å². The lowest BCUT2D eigenvalue weighted by Crippen LogP contribution is -2.35. The van der Waals surface area contributed by atoms with E-state index in [1.165, 1.54) is 10.9 Å². The summed E-state index contributed by atoms with van der Waals surface area (Å²) in [4.78, 5) is 11.6.